The van der Waals surface area contributed by atoms with Gasteiger partial charge in [-0.15, -0.1) is 0 Å². The van der Waals surface area contributed by atoms with E-state index in [-0.39, 0.29) is 88.9 Å². The summed E-state index contributed by atoms with van der Waals surface area (Å²) in [6.07, 6.45) is 2.64. The average molecular weight is 820 g/mol. The van der Waals surface area contributed by atoms with Gasteiger partial charge in [-0.2, -0.15) is 0 Å². The van der Waals surface area contributed by atoms with Gasteiger partial charge in [0.15, 0.2) is 17.9 Å². The third kappa shape index (κ3) is 16.6. The second-order valence-corrected chi connectivity index (χ2v) is 13.9. The molecule has 59 heavy (non-hydrogen) atoms. The molecule has 3 rings (SSSR count). The van der Waals surface area contributed by atoms with Gasteiger partial charge in [-0.05, 0) is 62.1 Å². The molecule has 0 spiro atoms. The number of carboxylic acid groups (broad SMARTS) is 1. The van der Waals surface area contributed by atoms with Crippen LogP contribution in [0.15, 0.2) is 60.8 Å². The Hall–Kier alpha value is -6.90. The van der Waals surface area contributed by atoms with Gasteiger partial charge >= 0.3 is 5.97 Å². The van der Waals surface area contributed by atoms with Crippen LogP contribution < -0.4 is 60.2 Å². The first-order valence-corrected chi connectivity index (χ1v) is 19.2. The molecule has 0 radical (unpaired) electrons. The molecule has 320 valence electrons. The summed E-state index contributed by atoms with van der Waals surface area (Å²) >= 11 is 0. The van der Waals surface area contributed by atoms with Gasteiger partial charge in [-0.3, -0.25) is 35.4 Å². The van der Waals surface area contributed by atoms with Crippen LogP contribution in [0.4, 0.5) is 0 Å². The van der Waals surface area contributed by atoms with Gasteiger partial charge in [-0.1, -0.05) is 48.5 Å². The third-order valence-corrected chi connectivity index (χ3v) is 9.20. The summed E-state index contributed by atoms with van der Waals surface area (Å²) in [5.41, 5.74) is 24.6. The Kier molecular flexibility index (Phi) is 18.9. The minimum atomic E-state index is -1.35. The van der Waals surface area contributed by atoms with Crippen LogP contribution in [0.5, 0.6) is 0 Å². The summed E-state index contributed by atoms with van der Waals surface area (Å²) in [6.45, 7) is 0.567. The summed E-state index contributed by atoms with van der Waals surface area (Å²) in [7, 11) is 0. The van der Waals surface area contributed by atoms with Gasteiger partial charge in [0.1, 0.15) is 24.2 Å². The molecule has 2 aromatic carbocycles. The zero-order valence-corrected chi connectivity index (χ0v) is 32.7. The number of benzene rings is 2. The Balaban J connectivity index is 1.88. The Bertz CT molecular complexity index is 1910. The molecule has 1 aromatic heterocycles. The van der Waals surface area contributed by atoms with Crippen LogP contribution in [0.1, 0.15) is 49.7 Å². The van der Waals surface area contributed by atoms with Crippen LogP contribution in [-0.2, 0) is 36.8 Å². The zero-order chi connectivity index (χ0) is 43.3. The third-order valence-electron chi connectivity index (χ3n) is 9.20. The van der Waals surface area contributed by atoms with E-state index < -0.39 is 59.8 Å². The van der Waals surface area contributed by atoms with Crippen LogP contribution in [0, 0.1) is 16.2 Å². The van der Waals surface area contributed by atoms with Crippen molar-refractivity contribution in [3.63, 3.8) is 0 Å². The van der Waals surface area contributed by atoms with E-state index in [1.807, 2.05) is 54.6 Å². The van der Waals surface area contributed by atoms with E-state index in [0.29, 0.717) is 5.56 Å². The van der Waals surface area contributed by atoms with Crippen molar-refractivity contribution >= 4 is 58.4 Å². The number of aliphatic carboxylic acids is 1. The van der Waals surface area contributed by atoms with Crippen LogP contribution >= 0.6 is 0 Å². The number of carboxylic acids is 1. The number of para-hydroxylation sites is 1. The minimum Gasteiger partial charge on any atom is -0.480 e. The second kappa shape index (κ2) is 24.0. The van der Waals surface area contributed by atoms with Gasteiger partial charge in [-0.25, -0.2) is 4.79 Å². The summed E-state index contributed by atoms with van der Waals surface area (Å²) in [5, 5.41) is 51.5. The number of hydrogen-bond acceptors (Lipinski definition) is 9. The van der Waals surface area contributed by atoms with E-state index in [4.69, 9.17) is 39.2 Å². The first kappa shape index (κ1) is 46.5. The Morgan fingerprint density at radius 2 is 1.03 bits per heavy atom. The van der Waals surface area contributed by atoms with Gasteiger partial charge < -0.3 is 70.2 Å². The summed E-state index contributed by atoms with van der Waals surface area (Å²) in [6, 6.07) is 10.2. The van der Waals surface area contributed by atoms with Crippen molar-refractivity contribution in [2.24, 2.45) is 22.9 Å². The van der Waals surface area contributed by atoms with Crippen LogP contribution in [-0.4, -0.2) is 107 Å². The molecule has 0 saturated carbocycles. The maximum Gasteiger partial charge on any atom is 0.326 e. The number of amides is 4. The van der Waals surface area contributed by atoms with Crippen molar-refractivity contribution < 1.29 is 29.1 Å². The largest absolute Gasteiger partial charge is 0.480 e. The lowest BCUT2D eigenvalue weighted by molar-refractivity contribution is -0.142. The Morgan fingerprint density at radius 1 is 0.593 bits per heavy atom. The van der Waals surface area contributed by atoms with Gasteiger partial charge in [0.25, 0.3) is 0 Å². The van der Waals surface area contributed by atoms with Crippen molar-refractivity contribution in [3.8, 4) is 0 Å². The number of nitrogens with one attached hydrogen (secondary N) is 11. The molecule has 0 saturated heterocycles. The lowest BCUT2D eigenvalue weighted by Gasteiger charge is -2.27. The lowest BCUT2D eigenvalue weighted by atomic mass is 10.0. The standard InChI is InChI=1S/C38H57N15O6/c39-25(19-22-9-2-1-3-10-22)31(54)50-27(13-6-16-46-36(40)41)32(55)51-28(14-7-17-47-37(42)43)33(56)53-30(20-23-21-49-26-12-5-4-11-24(23)26)34(57)52-29(35(58)59)15-8-18-48-38(44)45/h1-5,9-12,21,25,27-30,49H,6-8,13-20,39H2,(H,50,54)(H,51,55)(H,52,57)(H,53,56)(H,58,59)(H4,40,41,46)(H4,42,43,47)(H4,44,45,48)/t25-,27-,28-,29-,30-/m0/s1. The van der Waals surface area contributed by atoms with E-state index >= 15 is 0 Å². The molecule has 0 aliphatic rings. The Labute approximate surface area is 341 Å². The summed E-state index contributed by atoms with van der Waals surface area (Å²) in [4.78, 5) is 70.7. The number of H-pyrrole nitrogens is 1. The van der Waals surface area contributed by atoms with E-state index in [9.17, 15) is 29.1 Å². The fourth-order valence-electron chi connectivity index (χ4n) is 6.17. The highest BCUT2D eigenvalue weighted by Crippen LogP contribution is 2.19. The molecule has 0 bridgehead atoms. The number of carbonyl (C=O) groups excluding carboxylic acids is 4. The molecular formula is C38H57N15O6. The van der Waals surface area contributed by atoms with Crippen LogP contribution in [0.2, 0.25) is 0 Å². The van der Waals surface area contributed by atoms with Gasteiger partial charge in [0.2, 0.25) is 23.6 Å². The predicted octanol–water partition coefficient (Wildman–Crippen LogP) is -1.91. The molecule has 21 nitrogen and oxygen atoms in total. The molecular weight excluding hydrogens is 763 g/mol. The summed E-state index contributed by atoms with van der Waals surface area (Å²) < 4.78 is 0. The van der Waals surface area contributed by atoms with Crippen molar-refractivity contribution in [2.75, 3.05) is 19.6 Å². The number of guanidine groups is 3. The smallest absolute Gasteiger partial charge is 0.326 e. The summed E-state index contributed by atoms with van der Waals surface area (Å²) in [5.74, 6) is -5.08. The second-order valence-electron chi connectivity index (χ2n) is 13.9. The maximum absolute atomic E-state index is 14.2. The SMILES string of the molecule is N=C(N)NCCC[C@H](NC(=O)[C@H](Cc1c[nH]c2ccccc12)NC(=O)[C@H](CCCNC(=N)N)NC(=O)[C@H](CCCNC(=N)N)NC(=O)[C@@H](N)Cc1ccccc1)C(=O)O. The Morgan fingerprint density at radius 3 is 1.56 bits per heavy atom. The minimum absolute atomic E-state index is 0.000255. The number of hydrogen-bond donors (Lipinski definition) is 16. The zero-order valence-electron chi connectivity index (χ0n) is 32.7. The topological polar surface area (TPSA) is 381 Å². The molecule has 5 atom stereocenters. The number of fused-ring (bicyclic) bond motifs is 1. The monoisotopic (exact) mass is 819 g/mol. The van der Waals surface area contributed by atoms with E-state index in [1.165, 1.54) is 0 Å². The highest BCUT2D eigenvalue weighted by molar-refractivity contribution is 5.96. The molecule has 20 N–H and O–H groups in total. The molecule has 0 aliphatic carbocycles. The number of rotatable bonds is 25. The molecule has 0 fully saturated rings. The van der Waals surface area contributed by atoms with E-state index in [2.05, 4.69) is 42.2 Å². The van der Waals surface area contributed by atoms with Crippen LogP contribution in [0.3, 0.4) is 0 Å². The number of aromatic nitrogens is 1. The number of nitrogens with two attached hydrogens (primary N) is 4. The number of aromatic amines is 1. The molecule has 0 unspecified atom stereocenters. The molecule has 21 heteroatoms. The fourth-order valence-corrected chi connectivity index (χ4v) is 6.17. The quantitative estimate of drug-likeness (QED) is 0.0253. The predicted molar refractivity (Wildman–Crippen MR) is 223 cm³/mol. The van der Waals surface area contributed by atoms with Gasteiger partial charge in [0, 0.05) is 43.2 Å². The van der Waals surface area contributed by atoms with E-state index in [1.54, 1.807) is 6.20 Å². The van der Waals surface area contributed by atoms with Crippen molar-refractivity contribution in [1.29, 1.82) is 16.2 Å². The highest BCUT2D eigenvalue weighted by atomic mass is 16.4. The molecule has 4 amide bonds. The first-order chi connectivity index (χ1) is 28.1. The highest BCUT2D eigenvalue weighted by Gasteiger charge is 2.32. The maximum atomic E-state index is 14.2. The van der Waals surface area contributed by atoms with Crippen molar-refractivity contribution in [2.45, 2.75) is 81.6 Å². The van der Waals surface area contributed by atoms with Crippen LogP contribution in [0.25, 0.3) is 10.9 Å². The number of carbonyl (C=O) groups is 5. The van der Waals surface area contributed by atoms with E-state index in [0.717, 1.165) is 16.5 Å². The molecule has 0 aliphatic heterocycles. The lowest BCUT2D eigenvalue weighted by Crippen LogP contribution is -2.59. The van der Waals surface area contributed by atoms with Crippen molar-refractivity contribution in [1.82, 2.24) is 42.2 Å². The average Bonchev–Trinajstić information content (AvgIpc) is 3.60. The normalized spacial score (nSPS) is 13.4. The fraction of sp³-hybridized carbons (Fsp3) is 0.421. The van der Waals surface area contributed by atoms with Gasteiger partial charge in [0.05, 0.1) is 6.04 Å². The van der Waals surface area contributed by atoms with Crippen molar-refractivity contribution in [3.05, 3.63) is 71.9 Å². The molecule has 1 heterocycles. The molecule has 3 aromatic rings. The first-order valence-electron chi connectivity index (χ1n) is 19.2.